The van der Waals surface area contributed by atoms with Gasteiger partial charge in [0, 0.05) is 17.7 Å². The Morgan fingerprint density at radius 2 is 1.19 bits per heavy atom. The molecule has 0 aromatic heterocycles. The van der Waals surface area contributed by atoms with E-state index in [9.17, 15) is 18.0 Å². The Morgan fingerprint density at radius 1 is 0.703 bits per heavy atom. The highest BCUT2D eigenvalue weighted by Crippen LogP contribution is 2.28. The van der Waals surface area contributed by atoms with Gasteiger partial charge in [-0.25, -0.2) is 0 Å². The molecular weight excluding hydrogens is 510 g/mol. The fraction of sp³-hybridized carbons (Fsp3) is 0.714. The minimum absolute atomic E-state index is 0.0290. The van der Waals surface area contributed by atoms with E-state index in [-0.39, 0.29) is 11.7 Å². The van der Waals surface area contributed by atoms with Crippen LogP contribution in [0, 0.1) is 0 Å². The summed E-state index contributed by atoms with van der Waals surface area (Å²) in [5.74, 6) is -0.156. The summed E-state index contributed by atoms with van der Waals surface area (Å²) in [5, 5.41) is 11.6. The van der Waals surface area contributed by atoms with Crippen LogP contribution >= 0.6 is 11.8 Å². The average molecular weight is 558 g/mol. The Hall–Kier alpha value is -1.58. The average Bonchev–Trinajstić information content (AvgIpc) is 2.83. The Bertz CT molecular complexity index is 860. The molecule has 0 atom stereocenters. The number of rotatable bonds is 24. The smallest absolute Gasteiger partial charge is 0.303 e. The van der Waals surface area contributed by atoms with Gasteiger partial charge in [-0.2, -0.15) is 8.42 Å². The van der Waals surface area contributed by atoms with Gasteiger partial charge in [0.15, 0.2) is 0 Å². The molecule has 0 fully saturated rings. The van der Waals surface area contributed by atoms with Crippen molar-refractivity contribution < 1.29 is 27.7 Å². The van der Waals surface area contributed by atoms with Crippen molar-refractivity contribution in [3.63, 3.8) is 0 Å². The third-order valence-corrected chi connectivity index (χ3v) is 8.22. The number of carboxylic acid groups (broad SMARTS) is 1. The van der Waals surface area contributed by atoms with E-state index >= 15 is 0 Å². The van der Waals surface area contributed by atoms with E-state index in [1.54, 1.807) is 11.8 Å². The van der Waals surface area contributed by atoms with Gasteiger partial charge in [-0.15, -0.1) is 11.8 Å². The van der Waals surface area contributed by atoms with Crippen molar-refractivity contribution in [3.05, 3.63) is 24.3 Å². The zero-order chi connectivity index (χ0) is 27.2. The van der Waals surface area contributed by atoms with Crippen LogP contribution in [0.1, 0.15) is 116 Å². The standard InChI is InChI=1S/C28H47NO6S2/c30-27(29-25-19-15-16-20-26(25)36-23-17-18-24-37(33,34)35)21-13-11-9-7-5-3-1-2-4-6-8-10-12-14-22-28(31)32/h15-16,19-20H,1-14,17-18,21-24H2,(H,29,30)(H,31,32)(H,33,34,35). The maximum absolute atomic E-state index is 12.4. The normalized spacial score (nSPS) is 11.5. The van der Waals surface area contributed by atoms with Crippen molar-refractivity contribution in [2.45, 2.75) is 120 Å². The maximum Gasteiger partial charge on any atom is 0.303 e. The molecule has 0 radical (unpaired) electrons. The summed E-state index contributed by atoms with van der Waals surface area (Å²) in [7, 11) is -3.90. The number of thioether (sulfide) groups is 1. The number of anilines is 1. The molecule has 37 heavy (non-hydrogen) atoms. The molecule has 0 unspecified atom stereocenters. The number of aliphatic carboxylic acids is 1. The third kappa shape index (κ3) is 21.1. The van der Waals surface area contributed by atoms with Gasteiger partial charge in [-0.1, -0.05) is 89.2 Å². The van der Waals surface area contributed by atoms with Gasteiger partial charge in [0.2, 0.25) is 5.91 Å². The van der Waals surface area contributed by atoms with Crippen LogP contribution in [0.2, 0.25) is 0 Å². The van der Waals surface area contributed by atoms with Crippen LogP contribution < -0.4 is 5.32 Å². The van der Waals surface area contributed by atoms with E-state index in [2.05, 4.69) is 5.32 Å². The molecule has 0 saturated heterocycles. The maximum atomic E-state index is 12.4. The molecule has 1 aromatic rings. The second kappa shape index (κ2) is 21.4. The van der Waals surface area contributed by atoms with Crippen molar-refractivity contribution in [2.75, 3.05) is 16.8 Å². The molecule has 0 heterocycles. The first-order chi connectivity index (χ1) is 17.8. The van der Waals surface area contributed by atoms with Crippen LogP contribution in [0.5, 0.6) is 0 Å². The zero-order valence-electron chi connectivity index (χ0n) is 22.3. The van der Waals surface area contributed by atoms with Gasteiger partial charge in [0.1, 0.15) is 0 Å². The van der Waals surface area contributed by atoms with Gasteiger partial charge in [-0.3, -0.25) is 14.1 Å². The summed E-state index contributed by atoms with van der Waals surface area (Å²) >= 11 is 1.58. The number of carbonyl (C=O) groups excluding carboxylic acids is 1. The quantitative estimate of drug-likeness (QED) is 0.0676. The minimum atomic E-state index is -3.90. The van der Waals surface area contributed by atoms with E-state index in [0.29, 0.717) is 25.7 Å². The molecule has 0 saturated carbocycles. The summed E-state index contributed by atoms with van der Waals surface area (Å²) in [6.45, 7) is 0. The van der Waals surface area contributed by atoms with Crippen LogP contribution in [-0.2, 0) is 19.7 Å². The molecule has 0 spiro atoms. The topological polar surface area (TPSA) is 121 Å². The summed E-state index contributed by atoms with van der Waals surface area (Å²) < 4.78 is 30.4. The Kier molecular flexibility index (Phi) is 19.3. The van der Waals surface area contributed by atoms with Crippen molar-refractivity contribution in [3.8, 4) is 0 Å². The minimum Gasteiger partial charge on any atom is -0.481 e. The molecule has 9 heteroatoms. The number of para-hydroxylation sites is 1. The molecule has 1 amide bonds. The molecule has 1 aromatic carbocycles. The van der Waals surface area contributed by atoms with Crippen LogP contribution in [-0.4, -0.2) is 41.5 Å². The Balaban J connectivity index is 1.99. The molecular formula is C28H47NO6S2. The lowest BCUT2D eigenvalue weighted by molar-refractivity contribution is -0.137. The number of amides is 1. The zero-order valence-corrected chi connectivity index (χ0v) is 23.9. The van der Waals surface area contributed by atoms with Crippen LogP contribution in [0.3, 0.4) is 0 Å². The number of nitrogens with one attached hydrogen (secondary N) is 1. The fourth-order valence-electron chi connectivity index (χ4n) is 4.16. The second-order valence-corrected chi connectivity index (χ2v) is 12.4. The molecule has 1 rings (SSSR count). The van der Waals surface area contributed by atoms with Gasteiger partial charge >= 0.3 is 5.97 Å². The molecule has 3 N–H and O–H groups in total. The SMILES string of the molecule is O=C(O)CCCCCCCCCCCCCCCCC(=O)Nc1ccccc1SCCCCS(=O)(=O)O. The third-order valence-electron chi connectivity index (χ3n) is 6.26. The summed E-state index contributed by atoms with van der Waals surface area (Å²) in [6.07, 6.45) is 18.1. The largest absolute Gasteiger partial charge is 0.481 e. The number of carbonyl (C=O) groups is 2. The number of benzene rings is 1. The van der Waals surface area contributed by atoms with Gasteiger partial charge in [0.05, 0.1) is 11.4 Å². The molecule has 0 aliphatic heterocycles. The monoisotopic (exact) mass is 557 g/mol. The highest BCUT2D eigenvalue weighted by atomic mass is 32.2. The van der Waals surface area contributed by atoms with Gasteiger partial charge in [0.25, 0.3) is 10.1 Å². The summed E-state index contributed by atoms with van der Waals surface area (Å²) in [6, 6.07) is 7.65. The summed E-state index contributed by atoms with van der Waals surface area (Å²) in [4.78, 5) is 23.8. The molecule has 0 aliphatic rings. The van der Waals surface area contributed by atoms with Crippen LogP contribution in [0.4, 0.5) is 5.69 Å². The van der Waals surface area contributed by atoms with E-state index in [1.165, 1.54) is 57.8 Å². The molecule has 0 aliphatic carbocycles. The number of hydrogen-bond donors (Lipinski definition) is 3. The van der Waals surface area contributed by atoms with E-state index in [1.807, 2.05) is 24.3 Å². The first-order valence-corrected chi connectivity index (χ1v) is 16.6. The first-order valence-electron chi connectivity index (χ1n) is 14.0. The van der Waals surface area contributed by atoms with Crippen LogP contribution in [0.15, 0.2) is 29.2 Å². The Labute approximate surface area is 228 Å². The highest BCUT2D eigenvalue weighted by Gasteiger charge is 2.08. The van der Waals surface area contributed by atoms with E-state index < -0.39 is 16.1 Å². The predicted molar refractivity (Wildman–Crippen MR) is 153 cm³/mol. The van der Waals surface area contributed by atoms with Crippen molar-refractivity contribution in [2.24, 2.45) is 0 Å². The second-order valence-electron chi connectivity index (χ2n) is 9.73. The van der Waals surface area contributed by atoms with Crippen LogP contribution in [0.25, 0.3) is 0 Å². The predicted octanol–water partition coefficient (Wildman–Crippen LogP) is 7.71. The number of carboxylic acids is 1. The van der Waals surface area contributed by atoms with Gasteiger partial charge in [-0.05, 0) is 43.6 Å². The number of hydrogen-bond acceptors (Lipinski definition) is 5. The summed E-state index contributed by atoms with van der Waals surface area (Å²) in [5.41, 5.74) is 0.797. The van der Waals surface area contributed by atoms with Crippen molar-refractivity contribution >= 4 is 39.4 Å². The van der Waals surface area contributed by atoms with Crippen molar-refractivity contribution in [1.29, 1.82) is 0 Å². The lowest BCUT2D eigenvalue weighted by atomic mass is 10.0. The molecule has 7 nitrogen and oxygen atoms in total. The lowest BCUT2D eigenvalue weighted by Crippen LogP contribution is -2.11. The van der Waals surface area contributed by atoms with E-state index in [4.69, 9.17) is 9.66 Å². The first kappa shape index (κ1) is 33.4. The van der Waals surface area contributed by atoms with Crippen molar-refractivity contribution in [1.82, 2.24) is 0 Å². The Morgan fingerprint density at radius 3 is 1.70 bits per heavy atom. The lowest BCUT2D eigenvalue weighted by Gasteiger charge is -2.11. The van der Waals surface area contributed by atoms with Gasteiger partial charge < -0.3 is 10.4 Å². The highest BCUT2D eigenvalue weighted by molar-refractivity contribution is 7.99. The number of unbranched alkanes of at least 4 members (excludes halogenated alkanes) is 14. The molecule has 212 valence electrons. The fourth-order valence-corrected chi connectivity index (χ4v) is 5.75. The molecule has 0 bridgehead atoms. The van der Waals surface area contributed by atoms with E-state index in [0.717, 1.165) is 48.4 Å².